The number of rotatable bonds is 4. The number of halogens is 2. The molecule has 1 heterocycles. The van der Waals surface area contributed by atoms with Gasteiger partial charge < -0.3 is 15.2 Å². The molecule has 1 amide bonds. The summed E-state index contributed by atoms with van der Waals surface area (Å²) in [5.74, 6) is 0.282. The van der Waals surface area contributed by atoms with Gasteiger partial charge in [-0.2, -0.15) is 0 Å². The molecule has 0 spiro atoms. The molecule has 1 aromatic heterocycles. The molecule has 0 bridgehead atoms. The first kappa shape index (κ1) is 17.5. The third kappa shape index (κ3) is 3.97. The molecule has 0 aliphatic rings. The van der Waals surface area contributed by atoms with Crippen LogP contribution in [0.25, 0.3) is 11.3 Å². The summed E-state index contributed by atoms with van der Waals surface area (Å²) in [6.07, 6.45) is 0. The highest BCUT2D eigenvalue weighted by atomic mass is 35.5. The second kappa shape index (κ2) is 7.45. The molecular weight excluding hydrogens is 313 g/mol. The molecule has 0 aliphatic carbocycles. The van der Waals surface area contributed by atoms with Crippen LogP contribution in [0.4, 0.5) is 0 Å². The highest BCUT2D eigenvalue weighted by Gasteiger charge is 2.20. The van der Waals surface area contributed by atoms with Crippen molar-refractivity contribution in [2.75, 3.05) is 13.6 Å². The summed E-state index contributed by atoms with van der Waals surface area (Å²) in [5, 5.41) is 4.41. The van der Waals surface area contributed by atoms with Crippen LogP contribution in [-0.2, 0) is 0 Å². The average molecular weight is 330 g/mol. The zero-order chi connectivity index (χ0) is 14.7. The van der Waals surface area contributed by atoms with Gasteiger partial charge in [0.2, 0.25) is 0 Å². The molecule has 0 fully saturated rings. The Morgan fingerprint density at radius 3 is 2.81 bits per heavy atom. The molecule has 2 N–H and O–H groups in total. The Bertz CT molecular complexity index is 616. The molecule has 1 aromatic carbocycles. The topological polar surface area (TPSA) is 72.4 Å². The molecule has 114 valence electrons. The first-order valence-corrected chi connectivity index (χ1v) is 6.60. The summed E-state index contributed by atoms with van der Waals surface area (Å²) in [4.78, 5) is 13.7. The lowest BCUT2D eigenvalue weighted by molar-refractivity contribution is 0.0738. The minimum Gasteiger partial charge on any atom is -0.355 e. The van der Waals surface area contributed by atoms with Crippen LogP contribution >= 0.6 is 24.0 Å². The number of hydrogen-bond donors (Lipinski definition) is 1. The summed E-state index contributed by atoms with van der Waals surface area (Å²) >= 11 is 5.92. The standard InChI is InChI=1S/C14H16ClN3O2.ClH/c1-9(8-16)18(2)14(19)12-7-13(20-17-12)10-4-3-5-11(15)6-10;/h3-7,9H,8,16H2,1-2H3;1H. The predicted molar refractivity (Wildman–Crippen MR) is 84.8 cm³/mol. The Balaban J connectivity index is 0.00000220. The van der Waals surface area contributed by atoms with Gasteiger partial charge in [0.1, 0.15) is 0 Å². The molecule has 0 radical (unpaired) electrons. The fraction of sp³-hybridized carbons (Fsp3) is 0.286. The Hall–Kier alpha value is -1.56. The summed E-state index contributed by atoms with van der Waals surface area (Å²) < 4.78 is 5.20. The van der Waals surface area contributed by atoms with Gasteiger partial charge in [0, 0.05) is 36.3 Å². The van der Waals surface area contributed by atoms with Crippen LogP contribution in [-0.4, -0.2) is 35.6 Å². The Kier molecular flexibility index (Phi) is 6.20. The van der Waals surface area contributed by atoms with Crippen molar-refractivity contribution in [1.82, 2.24) is 10.1 Å². The second-order valence-electron chi connectivity index (χ2n) is 4.59. The molecule has 0 aliphatic heterocycles. The number of hydrogen-bond acceptors (Lipinski definition) is 4. The van der Waals surface area contributed by atoms with Crippen LogP contribution in [0.5, 0.6) is 0 Å². The van der Waals surface area contributed by atoms with E-state index in [4.69, 9.17) is 21.9 Å². The summed E-state index contributed by atoms with van der Waals surface area (Å²) in [5.41, 5.74) is 6.58. The van der Waals surface area contributed by atoms with Gasteiger partial charge in [-0.15, -0.1) is 12.4 Å². The van der Waals surface area contributed by atoms with E-state index in [9.17, 15) is 4.79 Å². The van der Waals surface area contributed by atoms with Crippen molar-refractivity contribution in [3.05, 3.63) is 41.0 Å². The first-order chi connectivity index (χ1) is 9.52. The van der Waals surface area contributed by atoms with E-state index in [0.717, 1.165) is 5.56 Å². The van der Waals surface area contributed by atoms with E-state index >= 15 is 0 Å². The molecule has 7 heteroatoms. The van der Waals surface area contributed by atoms with Crippen molar-refractivity contribution in [2.45, 2.75) is 13.0 Å². The van der Waals surface area contributed by atoms with E-state index in [-0.39, 0.29) is 30.0 Å². The van der Waals surface area contributed by atoms with Crippen LogP contribution < -0.4 is 5.73 Å². The van der Waals surface area contributed by atoms with Gasteiger partial charge in [-0.3, -0.25) is 4.79 Å². The van der Waals surface area contributed by atoms with E-state index < -0.39 is 0 Å². The van der Waals surface area contributed by atoms with Crippen LogP contribution in [0.15, 0.2) is 34.9 Å². The van der Waals surface area contributed by atoms with E-state index in [1.807, 2.05) is 19.1 Å². The second-order valence-corrected chi connectivity index (χ2v) is 5.02. The molecule has 2 aromatic rings. The number of nitrogens with two attached hydrogens (primary N) is 1. The van der Waals surface area contributed by atoms with Crippen molar-refractivity contribution >= 4 is 29.9 Å². The average Bonchev–Trinajstić information content (AvgIpc) is 2.94. The smallest absolute Gasteiger partial charge is 0.276 e. The van der Waals surface area contributed by atoms with Crippen LogP contribution in [0, 0.1) is 0 Å². The quantitative estimate of drug-likeness (QED) is 0.936. The molecule has 0 saturated carbocycles. The number of carbonyl (C=O) groups excluding carboxylic acids is 1. The van der Waals surface area contributed by atoms with E-state index in [0.29, 0.717) is 17.3 Å². The van der Waals surface area contributed by atoms with Gasteiger partial charge in [-0.25, -0.2) is 0 Å². The maximum atomic E-state index is 12.2. The maximum Gasteiger partial charge on any atom is 0.276 e. The third-order valence-corrected chi connectivity index (χ3v) is 3.40. The van der Waals surface area contributed by atoms with Crippen molar-refractivity contribution < 1.29 is 9.32 Å². The number of aromatic nitrogens is 1. The monoisotopic (exact) mass is 329 g/mol. The number of benzene rings is 1. The zero-order valence-corrected chi connectivity index (χ0v) is 13.3. The molecule has 1 unspecified atom stereocenters. The highest BCUT2D eigenvalue weighted by Crippen LogP contribution is 2.23. The fourth-order valence-electron chi connectivity index (χ4n) is 1.69. The summed E-state index contributed by atoms with van der Waals surface area (Å²) in [6.45, 7) is 2.26. The van der Waals surface area contributed by atoms with Gasteiger partial charge >= 0.3 is 0 Å². The molecule has 2 rings (SSSR count). The SMILES string of the molecule is CC(CN)N(C)C(=O)c1cc(-c2cccc(Cl)c2)on1.Cl. The van der Waals surface area contributed by atoms with Crippen molar-refractivity contribution in [3.63, 3.8) is 0 Å². The van der Waals surface area contributed by atoms with E-state index in [2.05, 4.69) is 5.16 Å². The molecule has 1 atom stereocenters. The molecule has 5 nitrogen and oxygen atoms in total. The normalized spacial score (nSPS) is 11.6. The van der Waals surface area contributed by atoms with Gasteiger partial charge in [0.15, 0.2) is 11.5 Å². The summed E-state index contributed by atoms with van der Waals surface area (Å²) in [6, 6.07) is 8.71. The lowest BCUT2D eigenvalue weighted by atomic mass is 10.1. The van der Waals surface area contributed by atoms with E-state index in [1.54, 1.807) is 30.1 Å². The minimum atomic E-state index is -0.222. The van der Waals surface area contributed by atoms with Crippen LogP contribution in [0.1, 0.15) is 17.4 Å². The largest absolute Gasteiger partial charge is 0.355 e. The lowest BCUT2D eigenvalue weighted by Gasteiger charge is -2.22. The maximum absolute atomic E-state index is 12.2. The lowest BCUT2D eigenvalue weighted by Crippen LogP contribution is -2.39. The molecular formula is C14H17Cl2N3O2. The first-order valence-electron chi connectivity index (χ1n) is 6.22. The van der Waals surface area contributed by atoms with Gasteiger partial charge in [0.05, 0.1) is 0 Å². The number of carbonyl (C=O) groups is 1. The number of likely N-dealkylation sites (N-methyl/N-ethyl adjacent to an activating group) is 1. The van der Waals surface area contributed by atoms with Gasteiger partial charge in [-0.05, 0) is 19.1 Å². The molecule has 21 heavy (non-hydrogen) atoms. The van der Waals surface area contributed by atoms with Crippen LogP contribution in [0.2, 0.25) is 5.02 Å². The fourth-order valence-corrected chi connectivity index (χ4v) is 1.88. The Morgan fingerprint density at radius 1 is 1.48 bits per heavy atom. The minimum absolute atomic E-state index is 0. The highest BCUT2D eigenvalue weighted by molar-refractivity contribution is 6.30. The Morgan fingerprint density at radius 2 is 2.19 bits per heavy atom. The predicted octanol–water partition coefficient (Wildman–Crippen LogP) is 2.84. The zero-order valence-electron chi connectivity index (χ0n) is 11.7. The van der Waals surface area contributed by atoms with Crippen molar-refractivity contribution in [3.8, 4) is 11.3 Å². The summed E-state index contributed by atoms with van der Waals surface area (Å²) in [7, 11) is 1.69. The van der Waals surface area contributed by atoms with Crippen molar-refractivity contribution in [2.24, 2.45) is 5.73 Å². The van der Waals surface area contributed by atoms with E-state index in [1.165, 1.54) is 0 Å². The number of amides is 1. The van der Waals surface area contributed by atoms with Gasteiger partial charge in [0.25, 0.3) is 5.91 Å². The Labute approximate surface area is 134 Å². The van der Waals surface area contributed by atoms with Gasteiger partial charge in [-0.1, -0.05) is 28.9 Å². The molecule has 0 saturated heterocycles. The van der Waals surface area contributed by atoms with Crippen LogP contribution in [0.3, 0.4) is 0 Å². The number of nitrogens with zero attached hydrogens (tertiary/aromatic N) is 2. The van der Waals surface area contributed by atoms with Crippen molar-refractivity contribution in [1.29, 1.82) is 0 Å². The third-order valence-electron chi connectivity index (χ3n) is 3.16.